The minimum atomic E-state index is -3.86. The number of nitrogens with one attached hydrogen (secondary N) is 1. The van der Waals surface area contributed by atoms with Gasteiger partial charge in [-0.25, -0.2) is 9.52 Å². The molecule has 1 aliphatic rings. The second kappa shape index (κ2) is 3.67. The Morgan fingerprint density at radius 3 is 2.75 bits per heavy atom. The summed E-state index contributed by atoms with van der Waals surface area (Å²) >= 11 is 0. The van der Waals surface area contributed by atoms with Crippen molar-refractivity contribution in [1.82, 2.24) is 4.72 Å². The summed E-state index contributed by atoms with van der Waals surface area (Å²) in [4.78, 5) is 10.6. The van der Waals surface area contributed by atoms with Crippen molar-refractivity contribution < 1.29 is 13.2 Å². The summed E-state index contributed by atoms with van der Waals surface area (Å²) < 4.78 is 26.3. The van der Waals surface area contributed by atoms with E-state index in [-0.39, 0.29) is 0 Å². The lowest BCUT2D eigenvalue weighted by Crippen LogP contribution is -2.45. The van der Waals surface area contributed by atoms with Crippen molar-refractivity contribution in [3.63, 3.8) is 0 Å². The molecule has 0 aromatic heterocycles. The first-order valence-corrected chi connectivity index (χ1v) is 6.12. The van der Waals surface area contributed by atoms with Crippen molar-refractivity contribution in [3.8, 4) is 0 Å². The molecule has 1 aliphatic heterocycles. The molecule has 0 fully saturated rings. The Morgan fingerprint density at radius 1 is 1.38 bits per heavy atom. The topological polar surface area (TPSA) is 92.5 Å². The molecule has 86 valence electrons. The van der Waals surface area contributed by atoms with E-state index in [0.717, 1.165) is 9.87 Å². The van der Waals surface area contributed by atoms with Crippen molar-refractivity contribution in [2.45, 2.75) is 6.42 Å². The van der Waals surface area contributed by atoms with Crippen LogP contribution in [0.4, 0.5) is 10.5 Å². The molecule has 1 aromatic rings. The van der Waals surface area contributed by atoms with E-state index < -0.39 is 16.2 Å². The van der Waals surface area contributed by atoms with Gasteiger partial charge in [0.1, 0.15) is 0 Å². The molecular weight excluding hydrogens is 230 g/mol. The van der Waals surface area contributed by atoms with Crippen molar-refractivity contribution >= 4 is 21.9 Å². The fourth-order valence-electron chi connectivity index (χ4n) is 1.74. The molecule has 7 heteroatoms. The third-order valence-corrected chi connectivity index (χ3v) is 3.78. The largest absolute Gasteiger partial charge is 0.351 e. The normalized spacial score (nSPS) is 14.6. The first-order chi connectivity index (χ1) is 7.50. The van der Waals surface area contributed by atoms with Gasteiger partial charge in [0.15, 0.2) is 0 Å². The van der Waals surface area contributed by atoms with Gasteiger partial charge in [-0.3, -0.25) is 4.31 Å². The third-order valence-electron chi connectivity index (χ3n) is 2.36. The summed E-state index contributed by atoms with van der Waals surface area (Å²) in [7, 11) is -3.86. The monoisotopic (exact) mass is 241 g/mol. The molecule has 0 unspecified atom stereocenters. The van der Waals surface area contributed by atoms with Crippen LogP contribution in [0, 0.1) is 0 Å². The molecule has 16 heavy (non-hydrogen) atoms. The zero-order valence-electron chi connectivity index (χ0n) is 8.38. The molecule has 1 heterocycles. The lowest BCUT2D eigenvalue weighted by Gasteiger charge is -2.18. The fourth-order valence-corrected chi connectivity index (χ4v) is 2.87. The lowest BCUT2D eigenvalue weighted by atomic mass is 10.2. The SMILES string of the molecule is NC(=O)NS(=O)(=O)N1CCc2ccccc21. The van der Waals surface area contributed by atoms with Gasteiger partial charge in [0.05, 0.1) is 5.69 Å². The maximum Gasteiger partial charge on any atom is 0.327 e. The summed E-state index contributed by atoms with van der Waals surface area (Å²) in [5.41, 5.74) is 6.35. The average Bonchev–Trinajstić information content (AvgIpc) is 2.59. The minimum absolute atomic E-state index is 0.321. The zero-order valence-corrected chi connectivity index (χ0v) is 9.20. The van der Waals surface area contributed by atoms with Gasteiger partial charge in [-0.05, 0) is 18.1 Å². The fraction of sp³-hybridized carbons (Fsp3) is 0.222. The van der Waals surface area contributed by atoms with E-state index in [0.29, 0.717) is 18.7 Å². The van der Waals surface area contributed by atoms with Crippen LogP contribution in [0.25, 0.3) is 0 Å². The third kappa shape index (κ3) is 1.81. The predicted molar refractivity (Wildman–Crippen MR) is 59.1 cm³/mol. The predicted octanol–water partition coefficient (Wildman–Crippen LogP) is -0.0378. The zero-order chi connectivity index (χ0) is 11.8. The van der Waals surface area contributed by atoms with Crippen molar-refractivity contribution in [1.29, 1.82) is 0 Å². The number of nitrogens with two attached hydrogens (primary N) is 1. The highest BCUT2D eigenvalue weighted by Gasteiger charge is 2.29. The van der Waals surface area contributed by atoms with E-state index >= 15 is 0 Å². The Kier molecular flexibility index (Phi) is 2.47. The van der Waals surface area contributed by atoms with E-state index in [2.05, 4.69) is 0 Å². The van der Waals surface area contributed by atoms with Gasteiger partial charge in [-0.2, -0.15) is 8.42 Å². The molecule has 0 aliphatic carbocycles. The van der Waals surface area contributed by atoms with Crippen molar-refractivity contribution in [2.24, 2.45) is 5.73 Å². The second-order valence-electron chi connectivity index (χ2n) is 3.42. The molecule has 0 radical (unpaired) electrons. The maximum absolute atomic E-state index is 11.7. The first kappa shape index (κ1) is 10.7. The van der Waals surface area contributed by atoms with Gasteiger partial charge in [-0.15, -0.1) is 0 Å². The Hall–Kier alpha value is -1.76. The number of para-hydroxylation sites is 1. The van der Waals surface area contributed by atoms with Gasteiger partial charge < -0.3 is 5.73 Å². The van der Waals surface area contributed by atoms with Crippen LogP contribution < -0.4 is 14.8 Å². The van der Waals surface area contributed by atoms with E-state index in [1.165, 1.54) is 0 Å². The number of amides is 2. The second-order valence-corrected chi connectivity index (χ2v) is 5.02. The maximum atomic E-state index is 11.7. The summed E-state index contributed by atoms with van der Waals surface area (Å²) in [5.74, 6) is 0. The van der Waals surface area contributed by atoms with Crippen LogP contribution in [-0.4, -0.2) is 21.0 Å². The highest BCUT2D eigenvalue weighted by molar-refractivity contribution is 7.91. The van der Waals surface area contributed by atoms with Gasteiger partial charge >= 0.3 is 16.2 Å². The summed E-state index contributed by atoms with van der Waals surface area (Å²) in [6.07, 6.45) is 0.635. The molecule has 1 aromatic carbocycles. The molecule has 0 bridgehead atoms. The minimum Gasteiger partial charge on any atom is -0.351 e. The number of fused-ring (bicyclic) bond motifs is 1. The number of carbonyl (C=O) groups excluding carboxylic acids is 1. The molecule has 3 N–H and O–H groups in total. The smallest absolute Gasteiger partial charge is 0.327 e. The van der Waals surface area contributed by atoms with Crippen LogP contribution in [0.15, 0.2) is 24.3 Å². The number of nitrogens with zero attached hydrogens (tertiary/aromatic N) is 1. The van der Waals surface area contributed by atoms with Crippen LogP contribution in [0.5, 0.6) is 0 Å². The summed E-state index contributed by atoms with van der Waals surface area (Å²) in [6, 6.07) is 6.06. The number of primary amides is 1. The van der Waals surface area contributed by atoms with Gasteiger partial charge in [-0.1, -0.05) is 18.2 Å². The van der Waals surface area contributed by atoms with Crippen LogP contribution in [-0.2, 0) is 16.6 Å². The van der Waals surface area contributed by atoms with Gasteiger partial charge in [0.25, 0.3) is 0 Å². The highest BCUT2D eigenvalue weighted by Crippen LogP contribution is 2.29. The molecular formula is C9H11N3O3S. The molecule has 2 rings (SSSR count). The summed E-state index contributed by atoms with van der Waals surface area (Å²) in [6.45, 7) is 0.321. The van der Waals surface area contributed by atoms with E-state index in [9.17, 15) is 13.2 Å². The number of rotatable bonds is 2. The number of urea groups is 1. The first-order valence-electron chi connectivity index (χ1n) is 4.68. The van der Waals surface area contributed by atoms with E-state index in [1.54, 1.807) is 16.9 Å². The van der Waals surface area contributed by atoms with Crippen molar-refractivity contribution in [3.05, 3.63) is 29.8 Å². The standard InChI is InChI=1S/C9H11N3O3S/c10-9(13)11-16(14,15)12-6-5-7-3-1-2-4-8(7)12/h1-4H,5-6H2,(H3,10,11,13). The van der Waals surface area contributed by atoms with Crippen LogP contribution in [0.3, 0.4) is 0 Å². The summed E-state index contributed by atoms with van der Waals surface area (Å²) in [5, 5.41) is 0. The van der Waals surface area contributed by atoms with E-state index in [4.69, 9.17) is 5.73 Å². The van der Waals surface area contributed by atoms with Crippen LogP contribution in [0.2, 0.25) is 0 Å². The van der Waals surface area contributed by atoms with Gasteiger partial charge in [0, 0.05) is 6.54 Å². The number of carbonyl (C=O) groups is 1. The van der Waals surface area contributed by atoms with Crippen LogP contribution in [0.1, 0.15) is 5.56 Å². The molecule has 0 spiro atoms. The molecule has 0 saturated heterocycles. The number of anilines is 1. The Bertz CT molecular complexity index is 527. The van der Waals surface area contributed by atoms with E-state index in [1.807, 2.05) is 12.1 Å². The van der Waals surface area contributed by atoms with Crippen molar-refractivity contribution in [2.75, 3.05) is 10.8 Å². The molecule has 0 atom stereocenters. The quantitative estimate of drug-likeness (QED) is 0.761. The Labute approximate surface area is 93.2 Å². The number of hydrogen-bond acceptors (Lipinski definition) is 3. The Balaban J connectivity index is 2.35. The molecule has 2 amide bonds. The Morgan fingerprint density at radius 2 is 2.06 bits per heavy atom. The van der Waals surface area contributed by atoms with Gasteiger partial charge in [0.2, 0.25) is 0 Å². The lowest BCUT2D eigenvalue weighted by molar-refractivity contribution is 0.253. The number of hydrogen-bond donors (Lipinski definition) is 2. The molecule has 6 nitrogen and oxygen atoms in total. The van der Waals surface area contributed by atoms with Crippen LogP contribution >= 0.6 is 0 Å². The number of benzene rings is 1. The molecule has 0 saturated carbocycles. The highest BCUT2D eigenvalue weighted by atomic mass is 32.2. The average molecular weight is 241 g/mol.